The number of hydrogen-bond donors (Lipinski definition) is 3. The first-order valence-corrected chi connectivity index (χ1v) is 6.97. The molecule has 6 heteroatoms. The third-order valence-electron chi connectivity index (χ3n) is 3.73. The Kier molecular flexibility index (Phi) is 3.67. The molecule has 1 fully saturated rings. The monoisotopic (exact) mass is 289 g/mol. The number of rotatable bonds is 4. The number of ether oxygens (including phenoxy) is 1. The zero-order chi connectivity index (χ0) is 15.0. The van der Waals surface area contributed by atoms with E-state index in [1.54, 1.807) is 17.6 Å². The van der Waals surface area contributed by atoms with Gasteiger partial charge in [-0.3, -0.25) is 4.57 Å². The van der Waals surface area contributed by atoms with Gasteiger partial charge in [-0.05, 0) is 19.1 Å². The van der Waals surface area contributed by atoms with Crippen LogP contribution in [0.25, 0.3) is 11.0 Å². The van der Waals surface area contributed by atoms with Crippen molar-refractivity contribution in [2.75, 3.05) is 11.9 Å². The molecular formula is C15H19N3O3. The van der Waals surface area contributed by atoms with Gasteiger partial charge in [0.05, 0.1) is 17.1 Å². The van der Waals surface area contributed by atoms with Crippen molar-refractivity contribution in [3.8, 4) is 0 Å². The van der Waals surface area contributed by atoms with Gasteiger partial charge in [-0.1, -0.05) is 18.2 Å². The Morgan fingerprint density at radius 1 is 1.38 bits per heavy atom. The van der Waals surface area contributed by atoms with E-state index in [1.807, 2.05) is 24.3 Å². The maximum Gasteiger partial charge on any atom is 0.206 e. The molecule has 1 aliphatic rings. The van der Waals surface area contributed by atoms with Crippen LogP contribution in [0, 0.1) is 0 Å². The van der Waals surface area contributed by atoms with Crippen LogP contribution >= 0.6 is 0 Å². The third kappa shape index (κ3) is 2.31. The molecule has 6 nitrogen and oxygen atoms in total. The number of nitrogens with one attached hydrogen (secondary N) is 1. The van der Waals surface area contributed by atoms with Crippen molar-refractivity contribution in [2.45, 2.75) is 31.5 Å². The molecule has 2 aromatic rings. The summed E-state index contributed by atoms with van der Waals surface area (Å²) >= 11 is 0. The lowest BCUT2D eigenvalue weighted by atomic mass is 10.1. The average molecular weight is 289 g/mol. The molecule has 0 aliphatic carbocycles. The second-order valence-corrected chi connectivity index (χ2v) is 5.18. The molecule has 1 aromatic heterocycles. The second-order valence-electron chi connectivity index (χ2n) is 5.18. The minimum atomic E-state index is -0.998. The fourth-order valence-electron chi connectivity index (χ4n) is 2.63. The van der Waals surface area contributed by atoms with Gasteiger partial charge in [-0.25, -0.2) is 4.98 Å². The zero-order valence-electron chi connectivity index (χ0n) is 11.8. The molecule has 0 unspecified atom stereocenters. The SMILES string of the molecule is C=CCNc1nc2ccccc2n1[C@@H]1O[C@H](C)[C@@H](O)[C@H]1O. The normalized spacial score (nSPS) is 28.9. The molecule has 1 saturated heterocycles. The highest BCUT2D eigenvalue weighted by atomic mass is 16.6. The summed E-state index contributed by atoms with van der Waals surface area (Å²) in [6.07, 6.45) is -1.29. The Bertz CT molecular complexity index is 655. The summed E-state index contributed by atoms with van der Waals surface area (Å²) in [5, 5.41) is 23.3. The summed E-state index contributed by atoms with van der Waals surface area (Å²) in [6.45, 7) is 5.96. The number of aliphatic hydroxyl groups is 2. The van der Waals surface area contributed by atoms with Crippen LogP contribution in [-0.2, 0) is 4.74 Å². The number of para-hydroxylation sites is 2. The van der Waals surface area contributed by atoms with Gasteiger partial charge in [0.1, 0.15) is 12.2 Å². The lowest BCUT2D eigenvalue weighted by Crippen LogP contribution is -2.30. The Morgan fingerprint density at radius 2 is 2.14 bits per heavy atom. The summed E-state index contributed by atoms with van der Waals surface area (Å²) in [6, 6.07) is 7.61. The topological polar surface area (TPSA) is 79.5 Å². The summed E-state index contributed by atoms with van der Waals surface area (Å²) < 4.78 is 7.50. The number of benzene rings is 1. The van der Waals surface area contributed by atoms with Crippen molar-refractivity contribution in [1.82, 2.24) is 9.55 Å². The molecule has 2 heterocycles. The molecule has 0 spiro atoms. The highest BCUT2D eigenvalue weighted by Gasteiger charge is 2.42. The van der Waals surface area contributed by atoms with E-state index < -0.39 is 24.5 Å². The second kappa shape index (κ2) is 5.48. The van der Waals surface area contributed by atoms with Gasteiger partial charge < -0.3 is 20.3 Å². The highest BCUT2D eigenvalue weighted by molar-refractivity contribution is 5.78. The highest BCUT2D eigenvalue weighted by Crippen LogP contribution is 2.34. The molecule has 0 radical (unpaired) electrons. The average Bonchev–Trinajstić information content (AvgIpc) is 2.97. The molecule has 4 atom stereocenters. The van der Waals surface area contributed by atoms with Crippen molar-refractivity contribution in [3.63, 3.8) is 0 Å². The van der Waals surface area contributed by atoms with Crippen LogP contribution in [0.3, 0.4) is 0 Å². The third-order valence-corrected chi connectivity index (χ3v) is 3.73. The quantitative estimate of drug-likeness (QED) is 0.739. The van der Waals surface area contributed by atoms with Crippen LogP contribution < -0.4 is 5.32 Å². The molecule has 1 aromatic carbocycles. The minimum Gasteiger partial charge on any atom is -0.388 e. The van der Waals surface area contributed by atoms with Crippen molar-refractivity contribution >= 4 is 17.0 Å². The standard InChI is InChI=1S/C15H19N3O3/c1-3-8-16-15-17-10-6-4-5-7-11(10)18(15)14-13(20)12(19)9(2)21-14/h3-7,9,12-14,19-20H,1,8H2,2H3,(H,16,17)/t9-,12-,13-,14-/m1/s1. The number of aromatic nitrogens is 2. The predicted molar refractivity (Wildman–Crippen MR) is 80.0 cm³/mol. The van der Waals surface area contributed by atoms with E-state index in [4.69, 9.17) is 4.74 Å². The fourth-order valence-corrected chi connectivity index (χ4v) is 2.63. The lowest BCUT2D eigenvalue weighted by Gasteiger charge is -2.20. The number of nitrogens with zero attached hydrogens (tertiary/aromatic N) is 2. The molecule has 21 heavy (non-hydrogen) atoms. The molecule has 3 N–H and O–H groups in total. The summed E-state index contributed by atoms with van der Waals surface area (Å²) in [5.41, 5.74) is 1.64. The van der Waals surface area contributed by atoms with Crippen molar-refractivity contribution in [1.29, 1.82) is 0 Å². The van der Waals surface area contributed by atoms with E-state index in [1.165, 1.54) is 0 Å². The summed E-state index contributed by atoms with van der Waals surface area (Å²) in [7, 11) is 0. The summed E-state index contributed by atoms with van der Waals surface area (Å²) in [5.74, 6) is 0.585. The first-order chi connectivity index (χ1) is 10.1. The van der Waals surface area contributed by atoms with Gasteiger partial charge in [0.15, 0.2) is 6.23 Å². The van der Waals surface area contributed by atoms with Gasteiger partial charge in [-0.15, -0.1) is 6.58 Å². The first-order valence-electron chi connectivity index (χ1n) is 6.97. The number of hydrogen-bond acceptors (Lipinski definition) is 5. The van der Waals surface area contributed by atoms with Crippen LogP contribution in [0.4, 0.5) is 5.95 Å². The predicted octanol–water partition coefficient (Wildman–Crippen LogP) is 1.27. The Labute approximate surface area is 122 Å². The fraction of sp³-hybridized carbons (Fsp3) is 0.400. The number of anilines is 1. The smallest absolute Gasteiger partial charge is 0.206 e. The molecule has 1 aliphatic heterocycles. The minimum absolute atomic E-state index is 0.432. The van der Waals surface area contributed by atoms with Gasteiger partial charge in [0, 0.05) is 6.54 Å². The lowest BCUT2D eigenvalue weighted by molar-refractivity contribution is -0.0283. The maximum atomic E-state index is 10.2. The van der Waals surface area contributed by atoms with Crippen LogP contribution in [0.5, 0.6) is 0 Å². The molecule has 0 saturated carbocycles. The Morgan fingerprint density at radius 3 is 2.81 bits per heavy atom. The summed E-state index contributed by atoms with van der Waals surface area (Å²) in [4.78, 5) is 4.51. The van der Waals surface area contributed by atoms with Crippen molar-refractivity contribution < 1.29 is 14.9 Å². The van der Waals surface area contributed by atoms with Crippen molar-refractivity contribution in [3.05, 3.63) is 36.9 Å². The first kappa shape index (κ1) is 14.1. The molecule has 112 valence electrons. The van der Waals surface area contributed by atoms with E-state index in [0.717, 1.165) is 11.0 Å². The van der Waals surface area contributed by atoms with Crippen molar-refractivity contribution in [2.24, 2.45) is 0 Å². The molecule has 0 bridgehead atoms. The molecular weight excluding hydrogens is 270 g/mol. The van der Waals surface area contributed by atoms with E-state index in [9.17, 15) is 10.2 Å². The number of aliphatic hydroxyl groups excluding tert-OH is 2. The zero-order valence-corrected chi connectivity index (χ0v) is 11.8. The van der Waals surface area contributed by atoms with Gasteiger partial charge in [0.25, 0.3) is 0 Å². The van der Waals surface area contributed by atoms with E-state index in [2.05, 4.69) is 16.9 Å². The Hall–Kier alpha value is -1.89. The van der Waals surface area contributed by atoms with Crippen LogP contribution in [-0.4, -0.2) is 44.6 Å². The van der Waals surface area contributed by atoms with Gasteiger partial charge in [0.2, 0.25) is 5.95 Å². The van der Waals surface area contributed by atoms with Gasteiger partial charge in [-0.2, -0.15) is 0 Å². The number of imidazole rings is 1. The Balaban J connectivity index is 2.08. The van der Waals surface area contributed by atoms with Crippen LogP contribution in [0.2, 0.25) is 0 Å². The van der Waals surface area contributed by atoms with E-state index in [-0.39, 0.29) is 0 Å². The van der Waals surface area contributed by atoms with E-state index in [0.29, 0.717) is 12.5 Å². The number of fused-ring (bicyclic) bond motifs is 1. The van der Waals surface area contributed by atoms with Gasteiger partial charge >= 0.3 is 0 Å². The van der Waals surface area contributed by atoms with Crippen LogP contribution in [0.1, 0.15) is 13.2 Å². The molecule has 0 amide bonds. The largest absolute Gasteiger partial charge is 0.388 e. The van der Waals surface area contributed by atoms with E-state index >= 15 is 0 Å². The molecule has 3 rings (SSSR count). The maximum absolute atomic E-state index is 10.2. The van der Waals surface area contributed by atoms with Crippen LogP contribution in [0.15, 0.2) is 36.9 Å².